The lowest BCUT2D eigenvalue weighted by atomic mass is 10.1. The normalized spacial score (nSPS) is 11.8. The highest BCUT2D eigenvalue weighted by molar-refractivity contribution is 7.90. The fraction of sp³-hybridized carbons (Fsp3) is 0.182. The molecule has 0 atom stereocenters. The number of anilines is 1. The minimum Gasteiger partial charge on any atom is -0.438 e. The molecule has 1 N–H and O–H groups in total. The Bertz CT molecular complexity index is 1290. The Morgan fingerprint density at radius 3 is 2.41 bits per heavy atom. The van der Waals surface area contributed by atoms with Gasteiger partial charge in [0, 0.05) is 18.1 Å². The molecule has 0 saturated heterocycles. The van der Waals surface area contributed by atoms with Crippen LogP contribution in [0.5, 0.6) is 11.6 Å². The number of halogens is 3. The molecule has 1 aromatic heterocycles. The molecule has 0 fully saturated rings. The van der Waals surface area contributed by atoms with E-state index >= 15 is 0 Å². The van der Waals surface area contributed by atoms with Crippen molar-refractivity contribution in [2.75, 3.05) is 11.6 Å². The van der Waals surface area contributed by atoms with E-state index in [2.05, 4.69) is 10.3 Å². The zero-order valence-electron chi connectivity index (χ0n) is 17.3. The number of ether oxygens (including phenoxy) is 1. The van der Waals surface area contributed by atoms with Crippen LogP contribution in [0.4, 0.5) is 18.9 Å². The maximum absolute atomic E-state index is 13.2. The SMILES string of the molecule is Cc1ccc(Oc2ncc(C(F)(F)F)cc2C(=O)Nc2cccc(S(C)(=O)=O)c2)c(C)c1. The molecule has 6 nitrogen and oxygen atoms in total. The third-order valence-electron chi connectivity index (χ3n) is 4.48. The molecule has 168 valence electrons. The van der Waals surface area contributed by atoms with Gasteiger partial charge in [-0.15, -0.1) is 0 Å². The minimum absolute atomic E-state index is 0.0516. The molecule has 0 radical (unpaired) electrons. The van der Waals surface area contributed by atoms with Crippen LogP contribution in [0.3, 0.4) is 0 Å². The molecule has 0 unspecified atom stereocenters. The highest BCUT2D eigenvalue weighted by atomic mass is 32.2. The number of amides is 1. The van der Waals surface area contributed by atoms with Crippen molar-refractivity contribution < 1.29 is 31.1 Å². The fourth-order valence-electron chi connectivity index (χ4n) is 2.87. The molecule has 2 aromatic carbocycles. The Hall–Kier alpha value is -3.40. The summed E-state index contributed by atoms with van der Waals surface area (Å²) >= 11 is 0. The summed E-state index contributed by atoms with van der Waals surface area (Å²) in [6.07, 6.45) is -3.14. The molecule has 3 aromatic rings. The largest absolute Gasteiger partial charge is 0.438 e. The summed E-state index contributed by atoms with van der Waals surface area (Å²) < 4.78 is 68.8. The number of rotatable bonds is 5. The second-order valence-electron chi connectivity index (χ2n) is 7.20. The summed E-state index contributed by atoms with van der Waals surface area (Å²) in [4.78, 5) is 16.5. The van der Waals surface area contributed by atoms with Gasteiger partial charge in [-0.3, -0.25) is 4.79 Å². The predicted molar refractivity (Wildman–Crippen MR) is 113 cm³/mol. The van der Waals surface area contributed by atoms with E-state index in [-0.39, 0.29) is 16.5 Å². The number of hydrogen-bond donors (Lipinski definition) is 1. The van der Waals surface area contributed by atoms with Gasteiger partial charge >= 0.3 is 6.18 Å². The van der Waals surface area contributed by atoms with E-state index in [1.807, 2.05) is 13.0 Å². The van der Waals surface area contributed by atoms with Gasteiger partial charge in [0.25, 0.3) is 5.91 Å². The Balaban J connectivity index is 2.01. The lowest BCUT2D eigenvalue weighted by molar-refractivity contribution is -0.137. The van der Waals surface area contributed by atoms with E-state index in [0.717, 1.165) is 11.8 Å². The number of carbonyl (C=O) groups excluding carboxylic acids is 1. The molecule has 10 heteroatoms. The average molecular weight is 464 g/mol. The van der Waals surface area contributed by atoms with Gasteiger partial charge in [-0.25, -0.2) is 13.4 Å². The summed E-state index contributed by atoms with van der Waals surface area (Å²) in [7, 11) is -3.55. The number of nitrogens with one attached hydrogen (secondary N) is 1. The quantitative estimate of drug-likeness (QED) is 0.563. The lowest BCUT2D eigenvalue weighted by Crippen LogP contribution is -2.16. The van der Waals surface area contributed by atoms with Crippen molar-refractivity contribution in [2.45, 2.75) is 24.9 Å². The van der Waals surface area contributed by atoms with Crippen molar-refractivity contribution >= 4 is 21.4 Å². The molecular formula is C22H19F3N2O4S. The zero-order valence-corrected chi connectivity index (χ0v) is 18.1. The molecule has 0 spiro atoms. The number of sulfone groups is 1. The minimum atomic E-state index is -4.73. The van der Waals surface area contributed by atoms with Crippen LogP contribution < -0.4 is 10.1 Å². The van der Waals surface area contributed by atoms with Gasteiger partial charge < -0.3 is 10.1 Å². The average Bonchev–Trinajstić information content (AvgIpc) is 2.69. The predicted octanol–water partition coefficient (Wildman–Crippen LogP) is 5.17. The van der Waals surface area contributed by atoms with Crippen molar-refractivity contribution in [2.24, 2.45) is 0 Å². The van der Waals surface area contributed by atoms with E-state index < -0.39 is 33.0 Å². The molecule has 0 saturated carbocycles. The second-order valence-corrected chi connectivity index (χ2v) is 9.22. The summed E-state index contributed by atoms with van der Waals surface area (Å²) in [6.45, 7) is 3.62. The number of pyridine rings is 1. The third kappa shape index (κ3) is 5.44. The fourth-order valence-corrected chi connectivity index (χ4v) is 3.54. The first-order valence-electron chi connectivity index (χ1n) is 9.28. The maximum Gasteiger partial charge on any atom is 0.417 e. The topological polar surface area (TPSA) is 85.4 Å². The molecule has 3 rings (SSSR count). The molecule has 32 heavy (non-hydrogen) atoms. The standard InChI is InChI=1S/C22H19F3N2O4S/c1-13-7-8-19(14(2)9-13)31-21-18(10-15(12-26-21)22(23,24)25)20(28)27-16-5-4-6-17(11-16)32(3,29)30/h4-12H,1-3H3,(H,27,28). The van der Waals surface area contributed by atoms with Crippen LogP contribution in [0.25, 0.3) is 0 Å². The summed E-state index contributed by atoms with van der Waals surface area (Å²) in [5.41, 5.74) is 0.177. The first-order chi connectivity index (χ1) is 14.8. The number of carbonyl (C=O) groups is 1. The van der Waals surface area contributed by atoms with Gasteiger partial charge in [-0.2, -0.15) is 13.2 Å². The van der Waals surface area contributed by atoms with Crippen LogP contribution in [0.2, 0.25) is 0 Å². The Morgan fingerprint density at radius 2 is 1.78 bits per heavy atom. The lowest BCUT2D eigenvalue weighted by Gasteiger charge is -2.15. The summed E-state index contributed by atoms with van der Waals surface area (Å²) in [5.74, 6) is -0.924. The number of alkyl halides is 3. The van der Waals surface area contributed by atoms with Crippen molar-refractivity contribution in [1.29, 1.82) is 0 Å². The van der Waals surface area contributed by atoms with Crippen LogP contribution in [0.15, 0.2) is 59.6 Å². The number of benzene rings is 2. The first kappa shape index (κ1) is 23.3. The summed E-state index contributed by atoms with van der Waals surface area (Å²) in [5, 5.41) is 2.41. The highest BCUT2D eigenvalue weighted by Gasteiger charge is 2.33. The Morgan fingerprint density at radius 1 is 1.06 bits per heavy atom. The number of aromatic nitrogens is 1. The molecule has 0 aliphatic carbocycles. The van der Waals surface area contributed by atoms with Crippen LogP contribution in [0.1, 0.15) is 27.0 Å². The van der Waals surface area contributed by atoms with E-state index in [9.17, 15) is 26.4 Å². The molecular weight excluding hydrogens is 445 g/mol. The van der Waals surface area contributed by atoms with E-state index in [0.29, 0.717) is 23.6 Å². The van der Waals surface area contributed by atoms with E-state index in [1.165, 1.54) is 24.3 Å². The number of aryl methyl sites for hydroxylation is 2. The van der Waals surface area contributed by atoms with Gasteiger partial charge in [0.15, 0.2) is 9.84 Å². The van der Waals surface area contributed by atoms with Crippen molar-refractivity contribution in [3.8, 4) is 11.6 Å². The van der Waals surface area contributed by atoms with Gasteiger partial charge in [0.05, 0.1) is 10.5 Å². The smallest absolute Gasteiger partial charge is 0.417 e. The van der Waals surface area contributed by atoms with Crippen LogP contribution >= 0.6 is 0 Å². The number of nitrogens with zero attached hydrogens (tertiary/aromatic N) is 1. The number of hydrogen-bond acceptors (Lipinski definition) is 5. The monoisotopic (exact) mass is 464 g/mol. The molecule has 0 aliphatic rings. The second kappa shape index (κ2) is 8.62. The third-order valence-corrected chi connectivity index (χ3v) is 5.59. The first-order valence-corrected chi connectivity index (χ1v) is 11.2. The molecule has 1 heterocycles. The van der Waals surface area contributed by atoms with Crippen molar-refractivity contribution in [1.82, 2.24) is 4.98 Å². The van der Waals surface area contributed by atoms with Crippen molar-refractivity contribution in [3.63, 3.8) is 0 Å². The van der Waals surface area contributed by atoms with Gasteiger partial charge in [-0.1, -0.05) is 23.8 Å². The van der Waals surface area contributed by atoms with Crippen molar-refractivity contribution in [3.05, 3.63) is 77.0 Å². The molecule has 0 bridgehead atoms. The molecule has 0 aliphatic heterocycles. The van der Waals surface area contributed by atoms with E-state index in [4.69, 9.17) is 4.74 Å². The Kier molecular flexibility index (Phi) is 6.27. The van der Waals surface area contributed by atoms with Crippen LogP contribution in [0, 0.1) is 13.8 Å². The highest BCUT2D eigenvalue weighted by Crippen LogP contribution is 2.34. The maximum atomic E-state index is 13.2. The van der Waals surface area contributed by atoms with Gasteiger partial charge in [0.1, 0.15) is 11.3 Å². The van der Waals surface area contributed by atoms with E-state index in [1.54, 1.807) is 19.1 Å². The van der Waals surface area contributed by atoms with Crippen LogP contribution in [-0.4, -0.2) is 25.6 Å². The zero-order chi connectivity index (χ0) is 23.7. The van der Waals surface area contributed by atoms with Gasteiger partial charge in [-0.05, 0) is 49.7 Å². The summed E-state index contributed by atoms with van der Waals surface area (Å²) in [6, 6.07) is 11.2. The van der Waals surface area contributed by atoms with Crippen LogP contribution in [-0.2, 0) is 16.0 Å². The van der Waals surface area contributed by atoms with Gasteiger partial charge in [0.2, 0.25) is 5.88 Å². The Labute approximate surface area is 183 Å². The molecule has 1 amide bonds.